The van der Waals surface area contributed by atoms with Gasteiger partial charge in [0.05, 0.1) is 25.6 Å². The van der Waals surface area contributed by atoms with E-state index in [0.717, 1.165) is 18.7 Å². The Morgan fingerprint density at radius 1 is 1.29 bits per heavy atom. The highest BCUT2D eigenvalue weighted by Crippen LogP contribution is 2.25. The number of pyridine rings is 1. The average molecular weight is 355 g/mol. The van der Waals surface area contributed by atoms with Gasteiger partial charge in [-0.15, -0.1) is 0 Å². The van der Waals surface area contributed by atoms with E-state index < -0.39 is 15.6 Å². The van der Waals surface area contributed by atoms with Gasteiger partial charge in [-0.25, -0.2) is 8.42 Å². The molecule has 2 aliphatic heterocycles. The molecule has 1 aromatic heterocycles. The molecule has 0 saturated carbocycles. The van der Waals surface area contributed by atoms with Crippen LogP contribution in [-0.4, -0.2) is 80.0 Å². The zero-order valence-corrected chi connectivity index (χ0v) is 14.9. The van der Waals surface area contributed by atoms with Gasteiger partial charge >= 0.3 is 0 Å². The molecule has 7 nitrogen and oxygen atoms in total. The molecule has 1 unspecified atom stereocenters. The minimum absolute atomic E-state index is 0.114. The van der Waals surface area contributed by atoms with E-state index in [2.05, 4.69) is 9.88 Å². The summed E-state index contributed by atoms with van der Waals surface area (Å²) >= 11 is 0. The molecule has 2 saturated heterocycles. The smallest absolute Gasteiger partial charge is 0.214 e. The molecular weight excluding hydrogens is 330 g/mol. The van der Waals surface area contributed by atoms with Crippen molar-refractivity contribution in [1.29, 1.82) is 0 Å². The van der Waals surface area contributed by atoms with Crippen LogP contribution in [0.5, 0.6) is 0 Å². The van der Waals surface area contributed by atoms with E-state index in [1.165, 1.54) is 0 Å². The van der Waals surface area contributed by atoms with Gasteiger partial charge in [0.15, 0.2) is 0 Å². The van der Waals surface area contributed by atoms with Crippen molar-refractivity contribution in [1.82, 2.24) is 14.2 Å². The van der Waals surface area contributed by atoms with Crippen LogP contribution in [0, 0.1) is 0 Å². The first-order valence-corrected chi connectivity index (χ1v) is 9.95. The van der Waals surface area contributed by atoms with Gasteiger partial charge in [0.25, 0.3) is 0 Å². The standard InChI is InChI=1S/C16H25N3O4S/c1-2-24(20,21)19-7-9-23-16(13-19)12-18(6-8-22-14-16)11-15-4-3-5-17-10-15/h3-5,10H,2,6-9,11-14H2,1H3. The first-order chi connectivity index (χ1) is 11.5. The van der Waals surface area contributed by atoms with Gasteiger partial charge in [-0.3, -0.25) is 9.88 Å². The first-order valence-electron chi connectivity index (χ1n) is 8.34. The number of hydrogen-bond acceptors (Lipinski definition) is 6. The van der Waals surface area contributed by atoms with Crippen LogP contribution in [0.15, 0.2) is 24.5 Å². The maximum atomic E-state index is 12.2. The highest BCUT2D eigenvalue weighted by molar-refractivity contribution is 7.89. The van der Waals surface area contributed by atoms with Gasteiger partial charge in [0.2, 0.25) is 10.0 Å². The molecule has 3 heterocycles. The van der Waals surface area contributed by atoms with E-state index in [1.54, 1.807) is 17.4 Å². The van der Waals surface area contributed by atoms with Crippen LogP contribution in [0.3, 0.4) is 0 Å². The van der Waals surface area contributed by atoms with Gasteiger partial charge in [0, 0.05) is 45.1 Å². The van der Waals surface area contributed by atoms with Crippen LogP contribution < -0.4 is 0 Å². The Bertz CT molecular complexity index is 640. The molecular formula is C16H25N3O4S. The van der Waals surface area contributed by atoms with E-state index in [1.807, 2.05) is 18.3 Å². The third-order valence-electron chi connectivity index (χ3n) is 4.53. The summed E-state index contributed by atoms with van der Waals surface area (Å²) in [6.07, 6.45) is 3.61. The van der Waals surface area contributed by atoms with Gasteiger partial charge < -0.3 is 9.47 Å². The summed E-state index contributed by atoms with van der Waals surface area (Å²) in [7, 11) is -3.22. The molecule has 8 heteroatoms. The van der Waals surface area contributed by atoms with Crippen molar-refractivity contribution in [3.05, 3.63) is 30.1 Å². The molecule has 134 valence electrons. The third-order valence-corrected chi connectivity index (χ3v) is 6.36. The minimum Gasteiger partial charge on any atom is -0.377 e. The zero-order valence-electron chi connectivity index (χ0n) is 14.1. The number of ether oxygens (including phenoxy) is 2. The van der Waals surface area contributed by atoms with Gasteiger partial charge in [-0.1, -0.05) is 6.07 Å². The fraction of sp³-hybridized carbons (Fsp3) is 0.688. The molecule has 2 aliphatic rings. The molecule has 0 aliphatic carbocycles. The first kappa shape index (κ1) is 17.8. The molecule has 1 spiro atoms. The Labute approximate surface area is 143 Å². The predicted octanol–water partition coefficient (Wildman–Crippen LogP) is 0.335. The van der Waals surface area contributed by atoms with Crippen molar-refractivity contribution < 1.29 is 17.9 Å². The third kappa shape index (κ3) is 4.12. The normalized spacial score (nSPS) is 27.2. The summed E-state index contributed by atoms with van der Waals surface area (Å²) in [4.78, 5) is 6.41. The molecule has 1 aromatic rings. The van der Waals surface area contributed by atoms with Crippen molar-refractivity contribution in [2.75, 3.05) is 51.8 Å². The van der Waals surface area contributed by atoms with Gasteiger partial charge in [-0.05, 0) is 18.6 Å². The van der Waals surface area contributed by atoms with Crippen LogP contribution in [-0.2, 0) is 26.0 Å². The number of morpholine rings is 1. The van der Waals surface area contributed by atoms with E-state index in [-0.39, 0.29) is 5.75 Å². The Morgan fingerprint density at radius 2 is 2.17 bits per heavy atom. The fourth-order valence-electron chi connectivity index (χ4n) is 3.28. The predicted molar refractivity (Wildman–Crippen MR) is 90.0 cm³/mol. The number of nitrogens with zero attached hydrogens (tertiary/aromatic N) is 3. The van der Waals surface area contributed by atoms with Gasteiger partial charge in [-0.2, -0.15) is 4.31 Å². The molecule has 0 radical (unpaired) electrons. The van der Waals surface area contributed by atoms with E-state index in [9.17, 15) is 8.42 Å². The Morgan fingerprint density at radius 3 is 2.92 bits per heavy atom. The second-order valence-corrected chi connectivity index (χ2v) is 8.65. The summed E-state index contributed by atoms with van der Waals surface area (Å²) in [5.41, 5.74) is 0.530. The van der Waals surface area contributed by atoms with Crippen LogP contribution in [0.4, 0.5) is 0 Å². The second kappa shape index (κ2) is 7.45. The topological polar surface area (TPSA) is 72.0 Å². The molecule has 3 rings (SSSR count). The molecule has 0 aromatic carbocycles. The SMILES string of the molecule is CCS(=O)(=O)N1CCOC2(COCCN(Cc3cccnc3)C2)C1. The maximum Gasteiger partial charge on any atom is 0.214 e. The summed E-state index contributed by atoms with van der Waals surface area (Å²) < 4.78 is 37.8. The Kier molecular flexibility index (Phi) is 5.51. The minimum atomic E-state index is -3.22. The highest BCUT2D eigenvalue weighted by atomic mass is 32.2. The van der Waals surface area contributed by atoms with Crippen molar-refractivity contribution in [3.63, 3.8) is 0 Å². The van der Waals surface area contributed by atoms with E-state index >= 15 is 0 Å². The average Bonchev–Trinajstić information content (AvgIpc) is 2.78. The molecule has 2 fully saturated rings. The number of rotatable bonds is 4. The largest absolute Gasteiger partial charge is 0.377 e. The maximum absolute atomic E-state index is 12.2. The lowest BCUT2D eigenvalue weighted by Gasteiger charge is -2.42. The van der Waals surface area contributed by atoms with E-state index in [4.69, 9.17) is 9.47 Å². The lowest BCUT2D eigenvalue weighted by Crippen LogP contribution is -2.59. The number of sulfonamides is 1. The summed E-state index contributed by atoms with van der Waals surface area (Å²) in [6, 6.07) is 3.97. The van der Waals surface area contributed by atoms with Crippen molar-refractivity contribution in [3.8, 4) is 0 Å². The van der Waals surface area contributed by atoms with Crippen LogP contribution in [0.2, 0.25) is 0 Å². The second-order valence-electron chi connectivity index (χ2n) is 6.39. The fourth-order valence-corrected chi connectivity index (χ4v) is 4.43. The van der Waals surface area contributed by atoms with Crippen molar-refractivity contribution >= 4 is 10.0 Å². The highest BCUT2D eigenvalue weighted by Gasteiger charge is 2.43. The number of hydrogen-bond donors (Lipinski definition) is 0. The Balaban J connectivity index is 1.73. The van der Waals surface area contributed by atoms with Crippen molar-refractivity contribution in [2.45, 2.75) is 19.1 Å². The molecule has 1 atom stereocenters. The quantitative estimate of drug-likeness (QED) is 0.775. The number of aromatic nitrogens is 1. The lowest BCUT2D eigenvalue weighted by atomic mass is 10.0. The lowest BCUT2D eigenvalue weighted by molar-refractivity contribution is -0.126. The van der Waals surface area contributed by atoms with Crippen LogP contribution in [0.1, 0.15) is 12.5 Å². The van der Waals surface area contributed by atoms with Crippen LogP contribution in [0.25, 0.3) is 0 Å². The van der Waals surface area contributed by atoms with Crippen LogP contribution >= 0.6 is 0 Å². The monoisotopic (exact) mass is 355 g/mol. The summed E-state index contributed by atoms with van der Waals surface area (Å²) in [5, 5.41) is 0. The summed E-state index contributed by atoms with van der Waals surface area (Å²) in [5.74, 6) is 0.114. The zero-order chi connectivity index (χ0) is 17.0. The van der Waals surface area contributed by atoms with E-state index in [0.29, 0.717) is 39.5 Å². The molecule has 24 heavy (non-hydrogen) atoms. The molecule has 0 amide bonds. The molecule has 0 bridgehead atoms. The van der Waals surface area contributed by atoms with Gasteiger partial charge in [0.1, 0.15) is 5.60 Å². The van der Waals surface area contributed by atoms with Crippen molar-refractivity contribution in [2.24, 2.45) is 0 Å². The molecule has 0 N–H and O–H groups in total. The summed E-state index contributed by atoms with van der Waals surface area (Å²) in [6.45, 7) is 6.09. The Hall–Kier alpha value is -1.06.